The lowest BCUT2D eigenvalue weighted by Crippen LogP contribution is -2.43. The van der Waals surface area contributed by atoms with Crippen molar-refractivity contribution in [1.82, 2.24) is 4.90 Å². The summed E-state index contributed by atoms with van der Waals surface area (Å²) in [6.45, 7) is 8.57. The number of likely N-dealkylation sites (tertiary alicyclic amines) is 1. The van der Waals surface area contributed by atoms with Crippen molar-refractivity contribution in [3.05, 3.63) is 70.8 Å². The Kier molecular flexibility index (Phi) is 9.19. The molecule has 1 aromatic carbocycles. The summed E-state index contributed by atoms with van der Waals surface area (Å²) in [5, 5.41) is 13.8. The van der Waals surface area contributed by atoms with Crippen LogP contribution in [-0.4, -0.2) is 41.1 Å². The van der Waals surface area contributed by atoms with Gasteiger partial charge < -0.3 is 9.94 Å². The number of aliphatic carboxylic acids is 1. The average Bonchev–Trinajstić information content (AvgIpc) is 3.35. The molecule has 1 saturated carbocycles. The number of rotatable bonds is 8. The smallest absolute Gasteiger partial charge is 0.309 e. The maximum Gasteiger partial charge on any atom is 0.309 e. The van der Waals surface area contributed by atoms with E-state index < -0.39 is 11.4 Å². The highest BCUT2D eigenvalue weighted by Crippen LogP contribution is 2.44. The van der Waals surface area contributed by atoms with Gasteiger partial charge in [0.05, 0.1) is 5.41 Å². The topological polar surface area (TPSA) is 62.1 Å². The van der Waals surface area contributed by atoms with E-state index in [9.17, 15) is 9.90 Å². The summed E-state index contributed by atoms with van der Waals surface area (Å²) in [6.07, 6.45) is 18.6. The average molecular weight is 509 g/mol. The maximum atomic E-state index is 11.5. The molecule has 2 unspecified atom stereocenters. The summed E-state index contributed by atoms with van der Waals surface area (Å²) in [4.78, 5) is 19.7. The van der Waals surface area contributed by atoms with Crippen molar-refractivity contribution in [2.75, 3.05) is 19.6 Å². The molecule has 1 N–H and O–H groups in total. The van der Waals surface area contributed by atoms with Gasteiger partial charge in [0, 0.05) is 6.54 Å². The predicted molar refractivity (Wildman–Crippen MR) is 150 cm³/mol. The lowest BCUT2D eigenvalue weighted by atomic mass is 9.80. The fourth-order valence-corrected chi connectivity index (χ4v) is 6.59. The lowest BCUT2D eigenvalue weighted by molar-refractivity contribution is -0.150. The fraction of sp³-hybridized carbons (Fsp3) is 0.533. The zero-order valence-corrected chi connectivity index (χ0v) is 23.0. The molecule has 36 heavy (non-hydrogen) atoms. The van der Waals surface area contributed by atoms with Crippen molar-refractivity contribution in [3.8, 4) is 0 Å². The highest BCUT2D eigenvalue weighted by Gasteiger charge is 2.36. The number of piperidine rings is 1. The van der Waals surface area contributed by atoms with E-state index in [1.165, 1.54) is 54.4 Å². The van der Waals surface area contributed by atoms with E-state index in [2.05, 4.69) is 65.6 Å². The zero-order valence-electron chi connectivity index (χ0n) is 22.0. The lowest BCUT2D eigenvalue weighted by Gasteiger charge is -2.36. The Labute approximate surface area is 218 Å². The van der Waals surface area contributed by atoms with E-state index in [1.807, 2.05) is 13.8 Å². The summed E-state index contributed by atoms with van der Waals surface area (Å²) >= 11 is 0. The predicted octanol–water partition coefficient (Wildman–Crippen LogP) is 7.31. The highest BCUT2D eigenvalue weighted by atomic mass is 31.1. The molecular formula is C30H41N2O3P. The molecule has 0 spiro atoms. The molecule has 0 amide bonds. The van der Waals surface area contributed by atoms with Crippen molar-refractivity contribution < 1.29 is 14.7 Å². The molecule has 1 aromatic rings. The van der Waals surface area contributed by atoms with Crippen LogP contribution in [0.4, 0.5) is 0 Å². The SMILES string of the molecule is C\C=C/C(=C\C=C\C1=NOC(c2ccc(C3CCCCC3)c(C)c2)P1)CN1CCC(C)(C(=O)O)CC1. The molecule has 6 heteroatoms. The Morgan fingerprint density at radius 3 is 2.67 bits per heavy atom. The summed E-state index contributed by atoms with van der Waals surface area (Å²) in [7, 11) is 0.496. The van der Waals surface area contributed by atoms with Crippen molar-refractivity contribution in [1.29, 1.82) is 0 Å². The Morgan fingerprint density at radius 2 is 2.00 bits per heavy atom. The van der Waals surface area contributed by atoms with Gasteiger partial charge >= 0.3 is 5.97 Å². The summed E-state index contributed by atoms with van der Waals surface area (Å²) in [5.74, 6) is 0.0576. The first-order chi connectivity index (χ1) is 17.4. The van der Waals surface area contributed by atoms with E-state index in [0.717, 1.165) is 31.0 Å². The molecule has 0 radical (unpaired) electrons. The van der Waals surface area contributed by atoms with Gasteiger partial charge in [0.25, 0.3) is 0 Å². The van der Waals surface area contributed by atoms with Crippen LogP contribution in [0, 0.1) is 12.3 Å². The fourth-order valence-electron chi connectivity index (χ4n) is 5.57. The number of benzene rings is 1. The number of carboxylic acids is 1. The normalized spacial score (nSPS) is 24.5. The van der Waals surface area contributed by atoms with Crippen molar-refractivity contribution >= 4 is 20.0 Å². The molecule has 2 heterocycles. The van der Waals surface area contributed by atoms with Crippen molar-refractivity contribution in [3.63, 3.8) is 0 Å². The third kappa shape index (κ3) is 6.75. The Hall–Kier alpha value is -2.23. The van der Waals surface area contributed by atoms with Gasteiger partial charge in [-0.25, -0.2) is 0 Å². The van der Waals surface area contributed by atoms with Crippen LogP contribution in [0.15, 0.2) is 59.3 Å². The molecule has 2 atom stereocenters. The third-order valence-electron chi connectivity index (χ3n) is 8.00. The minimum absolute atomic E-state index is 0.0136. The van der Waals surface area contributed by atoms with Gasteiger partial charge in [-0.15, -0.1) is 0 Å². The summed E-state index contributed by atoms with van der Waals surface area (Å²) in [5.41, 5.74) is 5.73. The van der Waals surface area contributed by atoms with Crippen LogP contribution in [0.25, 0.3) is 0 Å². The van der Waals surface area contributed by atoms with Gasteiger partial charge in [-0.3, -0.25) is 9.69 Å². The molecule has 3 aliphatic rings. The molecule has 2 fully saturated rings. The first-order valence-corrected chi connectivity index (χ1v) is 14.5. The Morgan fingerprint density at radius 1 is 1.25 bits per heavy atom. The molecule has 194 valence electrons. The second kappa shape index (κ2) is 12.3. The first kappa shape index (κ1) is 26.8. The van der Waals surface area contributed by atoms with Gasteiger partial charge in [-0.2, -0.15) is 0 Å². The van der Waals surface area contributed by atoms with E-state index in [4.69, 9.17) is 4.84 Å². The number of carbonyl (C=O) groups is 1. The largest absolute Gasteiger partial charge is 0.481 e. The van der Waals surface area contributed by atoms with Crippen molar-refractivity contribution in [2.24, 2.45) is 10.6 Å². The number of nitrogens with zero attached hydrogens (tertiary/aromatic N) is 2. The van der Waals surface area contributed by atoms with E-state index in [-0.39, 0.29) is 5.85 Å². The quantitative estimate of drug-likeness (QED) is 0.295. The number of hydrogen-bond acceptors (Lipinski definition) is 4. The minimum Gasteiger partial charge on any atom is -0.481 e. The second-order valence-corrected chi connectivity index (χ2v) is 12.1. The number of aryl methyl sites for hydroxylation is 1. The monoisotopic (exact) mass is 508 g/mol. The van der Waals surface area contributed by atoms with Crippen LogP contribution >= 0.6 is 8.58 Å². The summed E-state index contributed by atoms with van der Waals surface area (Å²) in [6, 6.07) is 6.88. The molecular weight excluding hydrogens is 467 g/mol. The van der Waals surface area contributed by atoms with Crippen LogP contribution in [0.1, 0.15) is 87.2 Å². The standard InChI is InChI=1S/C30H41N2O3P/c1-4-9-23(21-32-18-16-30(3,17-19-32)29(33)34)10-8-13-27-31-35-28(36-27)25-14-15-26(22(2)20-25)24-11-6-5-7-12-24/h4,8-10,13-15,20,24,28,36H,5-7,11-12,16-19,21H2,1-3H3,(H,33,34)/b9-4-,13-8+,23-10+. The molecule has 0 bridgehead atoms. The van der Waals surface area contributed by atoms with Gasteiger partial charge in [-0.1, -0.05) is 66.9 Å². The van der Waals surface area contributed by atoms with Gasteiger partial charge in [-0.05, 0) is 102 Å². The maximum absolute atomic E-state index is 11.5. The highest BCUT2D eigenvalue weighted by molar-refractivity contribution is 7.59. The van der Waals surface area contributed by atoms with Gasteiger partial charge in [0.15, 0.2) is 5.85 Å². The van der Waals surface area contributed by atoms with Crippen LogP contribution in [0.3, 0.4) is 0 Å². The molecule has 5 nitrogen and oxygen atoms in total. The minimum atomic E-state index is -0.677. The number of allylic oxidation sites excluding steroid dienone is 4. The molecule has 2 aliphatic heterocycles. The molecule has 4 rings (SSSR count). The van der Waals surface area contributed by atoms with Crippen LogP contribution in [0.2, 0.25) is 0 Å². The van der Waals surface area contributed by atoms with Crippen LogP contribution < -0.4 is 0 Å². The Bertz CT molecular complexity index is 1040. The third-order valence-corrected chi connectivity index (χ3v) is 9.26. The number of carboxylic acid groups (broad SMARTS) is 1. The van der Waals surface area contributed by atoms with E-state index in [1.54, 1.807) is 0 Å². The van der Waals surface area contributed by atoms with Gasteiger partial charge in [0.2, 0.25) is 0 Å². The zero-order chi connectivity index (χ0) is 25.5. The second-order valence-electron chi connectivity index (χ2n) is 10.8. The Balaban J connectivity index is 1.31. The molecule has 1 aliphatic carbocycles. The summed E-state index contributed by atoms with van der Waals surface area (Å²) < 4.78 is 0. The van der Waals surface area contributed by atoms with Crippen LogP contribution in [0.5, 0.6) is 0 Å². The number of oxime groups is 1. The van der Waals surface area contributed by atoms with Gasteiger partial charge in [0.1, 0.15) is 5.45 Å². The van der Waals surface area contributed by atoms with E-state index in [0.29, 0.717) is 21.4 Å². The number of hydrogen-bond donors (Lipinski definition) is 1. The van der Waals surface area contributed by atoms with E-state index >= 15 is 0 Å². The molecule has 0 aromatic heterocycles. The molecule has 1 saturated heterocycles. The van der Waals surface area contributed by atoms with Crippen molar-refractivity contribution in [2.45, 2.75) is 77.5 Å². The first-order valence-electron chi connectivity index (χ1n) is 13.4. The van der Waals surface area contributed by atoms with Crippen LogP contribution in [-0.2, 0) is 9.63 Å².